The minimum Gasteiger partial charge on any atom is -0.481 e. The lowest BCUT2D eigenvalue weighted by Gasteiger charge is -2.08. The van der Waals surface area contributed by atoms with E-state index in [4.69, 9.17) is 5.11 Å². The van der Waals surface area contributed by atoms with Crippen LogP contribution in [0.1, 0.15) is 23.8 Å². The van der Waals surface area contributed by atoms with Gasteiger partial charge < -0.3 is 10.4 Å². The molecule has 0 radical (unpaired) electrons. The van der Waals surface area contributed by atoms with Gasteiger partial charge in [0.2, 0.25) is 0 Å². The molecule has 0 fully saturated rings. The van der Waals surface area contributed by atoms with Crippen LogP contribution in [0.15, 0.2) is 5.38 Å². The van der Waals surface area contributed by atoms with E-state index >= 15 is 0 Å². The lowest BCUT2D eigenvalue weighted by atomic mass is 10.1. The van der Waals surface area contributed by atoms with Crippen molar-refractivity contribution < 1.29 is 14.7 Å². The van der Waals surface area contributed by atoms with E-state index in [1.807, 2.05) is 0 Å². The highest BCUT2D eigenvalue weighted by Crippen LogP contribution is 2.01. The van der Waals surface area contributed by atoms with Crippen molar-refractivity contribution >= 4 is 23.4 Å². The number of amides is 1. The van der Waals surface area contributed by atoms with E-state index in [0.29, 0.717) is 6.54 Å². The summed E-state index contributed by atoms with van der Waals surface area (Å²) < 4.78 is 3.56. The van der Waals surface area contributed by atoms with Gasteiger partial charge in [-0.1, -0.05) is 11.4 Å². The Morgan fingerprint density at radius 3 is 2.93 bits per heavy atom. The minimum absolute atomic E-state index is 0.0373. The van der Waals surface area contributed by atoms with E-state index in [9.17, 15) is 9.59 Å². The average Bonchev–Trinajstić information content (AvgIpc) is 2.65. The van der Waals surface area contributed by atoms with Crippen molar-refractivity contribution in [1.82, 2.24) is 14.9 Å². The number of hydrogen-bond donors (Lipinski definition) is 2. The number of nitrogens with zero attached hydrogens (tertiary/aromatic N) is 2. The maximum absolute atomic E-state index is 11.3. The van der Waals surface area contributed by atoms with Gasteiger partial charge in [-0.2, -0.15) is 0 Å². The molecule has 1 atom stereocenters. The molecule has 1 unspecified atom stereocenters. The van der Waals surface area contributed by atoms with Gasteiger partial charge in [0.1, 0.15) is 0 Å². The number of rotatable bonds is 5. The van der Waals surface area contributed by atoms with Crippen LogP contribution in [0.3, 0.4) is 0 Å². The van der Waals surface area contributed by atoms with E-state index in [1.54, 1.807) is 6.92 Å². The summed E-state index contributed by atoms with van der Waals surface area (Å²) in [5, 5.41) is 16.2. The molecular weight excluding hydrogens is 218 g/mol. The number of carboxylic acids is 1. The summed E-state index contributed by atoms with van der Waals surface area (Å²) in [5.41, 5.74) is 0.266. The van der Waals surface area contributed by atoms with Crippen molar-refractivity contribution in [3.8, 4) is 0 Å². The van der Waals surface area contributed by atoms with Gasteiger partial charge in [0, 0.05) is 18.3 Å². The molecule has 1 rings (SSSR count). The van der Waals surface area contributed by atoms with Crippen molar-refractivity contribution in [2.75, 3.05) is 6.54 Å². The molecule has 0 aliphatic rings. The summed E-state index contributed by atoms with van der Waals surface area (Å²) in [5.74, 6) is -1.29. The van der Waals surface area contributed by atoms with Crippen molar-refractivity contribution in [1.29, 1.82) is 0 Å². The molecule has 0 aliphatic carbocycles. The predicted octanol–water partition coefficient (Wildman–Crippen LogP) is 0.379. The van der Waals surface area contributed by atoms with Crippen LogP contribution >= 0.6 is 11.5 Å². The van der Waals surface area contributed by atoms with Crippen LogP contribution in [0.2, 0.25) is 0 Å². The molecule has 0 bridgehead atoms. The van der Waals surface area contributed by atoms with E-state index in [1.165, 1.54) is 5.38 Å². The van der Waals surface area contributed by atoms with Crippen LogP contribution in [0.4, 0.5) is 0 Å². The quantitative estimate of drug-likeness (QED) is 0.761. The predicted molar refractivity (Wildman–Crippen MR) is 53.7 cm³/mol. The number of carboxylic acid groups (broad SMARTS) is 1. The van der Waals surface area contributed by atoms with Gasteiger partial charge in [-0.3, -0.25) is 9.59 Å². The molecule has 1 aromatic rings. The number of carbonyl (C=O) groups is 2. The third kappa shape index (κ3) is 4.03. The highest BCUT2D eigenvalue weighted by atomic mass is 32.1. The third-order valence-corrected chi connectivity index (χ3v) is 2.23. The second-order valence-electron chi connectivity index (χ2n) is 3.20. The first-order valence-electron chi connectivity index (χ1n) is 4.36. The molecule has 1 amide bonds. The van der Waals surface area contributed by atoms with Gasteiger partial charge in [0.15, 0.2) is 5.69 Å². The summed E-state index contributed by atoms with van der Waals surface area (Å²) in [6.45, 7) is 2.08. The van der Waals surface area contributed by atoms with E-state index in [0.717, 1.165) is 11.5 Å². The number of aliphatic carboxylic acids is 1. The van der Waals surface area contributed by atoms with Crippen LogP contribution in [0, 0.1) is 5.92 Å². The van der Waals surface area contributed by atoms with Gasteiger partial charge in [-0.05, 0) is 17.5 Å². The first kappa shape index (κ1) is 11.6. The maximum Gasteiger partial charge on any atom is 0.303 e. The number of carbonyl (C=O) groups excluding carboxylic acids is 1. The summed E-state index contributed by atoms with van der Waals surface area (Å²) >= 11 is 1.10. The zero-order valence-electron chi connectivity index (χ0n) is 8.14. The van der Waals surface area contributed by atoms with Crippen LogP contribution in [-0.4, -0.2) is 33.1 Å². The standard InChI is InChI=1S/C8H11N3O3S/c1-5(2-7(12)13)3-9-8(14)6-4-15-11-10-6/h4-5H,2-3H2,1H3,(H,9,14)(H,12,13). The molecule has 0 spiro atoms. The summed E-state index contributed by atoms with van der Waals surface area (Å²) in [6, 6.07) is 0. The van der Waals surface area contributed by atoms with Gasteiger partial charge in [-0.15, -0.1) is 5.10 Å². The molecule has 0 aromatic carbocycles. The van der Waals surface area contributed by atoms with E-state index in [2.05, 4.69) is 14.9 Å². The monoisotopic (exact) mass is 229 g/mol. The number of nitrogens with one attached hydrogen (secondary N) is 1. The lowest BCUT2D eigenvalue weighted by Crippen LogP contribution is -2.29. The molecule has 15 heavy (non-hydrogen) atoms. The van der Waals surface area contributed by atoms with Crippen molar-refractivity contribution in [3.05, 3.63) is 11.1 Å². The van der Waals surface area contributed by atoms with Gasteiger partial charge in [0.25, 0.3) is 5.91 Å². The smallest absolute Gasteiger partial charge is 0.303 e. The molecule has 0 saturated carbocycles. The molecule has 2 N–H and O–H groups in total. The molecule has 7 heteroatoms. The Balaban J connectivity index is 2.31. The van der Waals surface area contributed by atoms with E-state index in [-0.39, 0.29) is 23.9 Å². The summed E-state index contributed by atoms with van der Waals surface area (Å²) in [7, 11) is 0. The fourth-order valence-electron chi connectivity index (χ4n) is 0.991. The molecule has 82 valence electrons. The molecule has 0 saturated heterocycles. The lowest BCUT2D eigenvalue weighted by molar-refractivity contribution is -0.137. The Hall–Kier alpha value is -1.50. The first-order valence-corrected chi connectivity index (χ1v) is 5.20. The fraction of sp³-hybridized carbons (Fsp3) is 0.500. The number of aromatic nitrogens is 2. The highest BCUT2D eigenvalue weighted by molar-refractivity contribution is 7.03. The molecular formula is C8H11N3O3S. The maximum atomic E-state index is 11.3. The number of hydrogen-bond acceptors (Lipinski definition) is 5. The zero-order chi connectivity index (χ0) is 11.3. The van der Waals surface area contributed by atoms with Gasteiger partial charge in [0.05, 0.1) is 0 Å². The Morgan fingerprint density at radius 1 is 1.67 bits per heavy atom. The second kappa shape index (κ2) is 5.40. The summed E-state index contributed by atoms with van der Waals surface area (Å²) in [4.78, 5) is 21.7. The van der Waals surface area contributed by atoms with Gasteiger partial charge in [-0.25, -0.2) is 0 Å². The highest BCUT2D eigenvalue weighted by Gasteiger charge is 2.12. The van der Waals surface area contributed by atoms with Gasteiger partial charge >= 0.3 is 5.97 Å². The van der Waals surface area contributed by atoms with Crippen molar-refractivity contribution in [2.45, 2.75) is 13.3 Å². The average molecular weight is 229 g/mol. The molecule has 0 aliphatic heterocycles. The van der Waals surface area contributed by atoms with E-state index < -0.39 is 5.97 Å². The Kier molecular flexibility index (Phi) is 4.17. The fourth-order valence-corrected chi connectivity index (χ4v) is 1.43. The Labute approximate surface area is 90.5 Å². The van der Waals surface area contributed by atoms with Crippen molar-refractivity contribution in [3.63, 3.8) is 0 Å². The largest absolute Gasteiger partial charge is 0.481 e. The van der Waals surface area contributed by atoms with Crippen LogP contribution in [-0.2, 0) is 4.79 Å². The Morgan fingerprint density at radius 2 is 2.40 bits per heavy atom. The zero-order valence-corrected chi connectivity index (χ0v) is 8.95. The molecule has 1 aromatic heterocycles. The van der Waals surface area contributed by atoms with Crippen LogP contribution in [0.5, 0.6) is 0 Å². The van der Waals surface area contributed by atoms with Crippen LogP contribution in [0.25, 0.3) is 0 Å². The van der Waals surface area contributed by atoms with Crippen LogP contribution < -0.4 is 5.32 Å². The molecule has 6 nitrogen and oxygen atoms in total. The Bertz CT molecular complexity index is 339. The first-order chi connectivity index (χ1) is 7.09. The summed E-state index contributed by atoms with van der Waals surface area (Å²) in [6.07, 6.45) is 0.0373. The third-order valence-electron chi connectivity index (χ3n) is 1.73. The minimum atomic E-state index is -0.868. The normalized spacial score (nSPS) is 12.1. The molecule has 1 heterocycles. The second-order valence-corrected chi connectivity index (χ2v) is 3.81. The van der Waals surface area contributed by atoms with Crippen molar-refractivity contribution in [2.24, 2.45) is 5.92 Å². The topological polar surface area (TPSA) is 92.2 Å². The SMILES string of the molecule is CC(CNC(=O)c1csnn1)CC(=O)O.